The van der Waals surface area contributed by atoms with Crippen LogP contribution in [0.1, 0.15) is 6.42 Å². The zero-order valence-electron chi connectivity index (χ0n) is 15.1. The van der Waals surface area contributed by atoms with Crippen LogP contribution in [0.2, 0.25) is 0 Å². The lowest BCUT2D eigenvalue weighted by molar-refractivity contribution is -0.121. The van der Waals surface area contributed by atoms with Gasteiger partial charge in [0.1, 0.15) is 18.1 Å². The number of benzene rings is 2. The van der Waals surface area contributed by atoms with Gasteiger partial charge in [-0.1, -0.05) is 18.2 Å². The molecule has 0 aromatic heterocycles. The molecular weight excluding hydrogens is 348 g/mol. The fourth-order valence-corrected chi connectivity index (χ4v) is 2.78. The number of methoxy groups -OCH3 is 1. The Morgan fingerprint density at radius 2 is 2.04 bits per heavy atom. The average Bonchev–Trinajstić information content (AvgIpc) is 2.67. The van der Waals surface area contributed by atoms with Crippen molar-refractivity contribution < 1.29 is 23.8 Å². The minimum absolute atomic E-state index is 0.0238. The molecular formula is C20H22N2O5. The van der Waals surface area contributed by atoms with Gasteiger partial charge in [0.15, 0.2) is 6.61 Å². The van der Waals surface area contributed by atoms with Crippen molar-refractivity contribution >= 4 is 23.2 Å². The van der Waals surface area contributed by atoms with Crippen molar-refractivity contribution in [1.82, 2.24) is 0 Å². The second kappa shape index (κ2) is 9.05. The van der Waals surface area contributed by atoms with E-state index in [0.29, 0.717) is 36.7 Å². The summed E-state index contributed by atoms with van der Waals surface area (Å²) < 4.78 is 16.0. The highest BCUT2D eigenvalue weighted by Gasteiger charge is 2.25. The quantitative estimate of drug-likeness (QED) is 0.723. The van der Waals surface area contributed by atoms with Crippen molar-refractivity contribution in [3.05, 3.63) is 48.5 Å². The van der Waals surface area contributed by atoms with E-state index in [1.165, 1.54) is 7.11 Å². The van der Waals surface area contributed by atoms with E-state index in [-0.39, 0.29) is 25.0 Å². The van der Waals surface area contributed by atoms with Crippen LogP contribution in [0.3, 0.4) is 0 Å². The first-order valence-corrected chi connectivity index (χ1v) is 8.71. The fourth-order valence-electron chi connectivity index (χ4n) is 2.78. The molecule has 0 atom stereocenters. The van der Waals surface area contributed by atoms with Crippen LogP contribution >= 0.6 is 0 Å². The summed E-state index contributed by atoms with van der Waals surface area (Å²) >= 11 is 0. The van der Waals surface area contributed by atoms with Gasteiger partial charge in [-0.15, -0.1) is 0 Å². The van der Waals surface area contributed by atoms with E-state index >= 15 is 0 Å². The molecule has 7 nitrogen and oxygen atoms in total. The maximum absolute atomic E-state index is 12.2. The van der Waals surface area contributed by atoms with Gasteiger partial charge in [0, 0.05) is 25.4 Å². The summed E-state index contributed by atoms with van der Waals surface area (Å²) in [6, 6.07) is 14.8. The Hall–Kier alpha value is -3.06. The average molecular weight is 370 g/mol. The lowest BCUT2D eigenvalue weighted by Crippen LogP contribution is -2.39. The summed E-state index contributed by atoms with van der Waals surface area (Å²) in [4.78, 5) is 25.6. The minimum atomic E-state index is -0.251. The monoisotopic (exact) mass is 370 g/mol. The van der Waals surface area contributed by atoms with Crippen LogP contribution in [0.15, 0.2) is 48.5 Å². The van der Waals surface area contributed by atoms with E-state index in [9.17, 15) is 9.59 Å². The number of para-hydroxylation sites is 1. The van der Waals surface area contributed by atoms with Gasteiger partial charge in [-0.2, -0.15) is 0 Å². The van der Waals surface area contributed by atoms with E-state index in [1.807, 2.05) is 30.3 Å². The standard InChI is InChI=1S/C20H22N2O5/c1-25-13-19(23)21-15-8-9-17-18(12-15)27-14-20(24)22(17)10-5-11-26-16-6-3-2-4-7-16/h2-4,6-9,12H,5,10-11,13-14H2,1H3,(H,21,23). The van der Waals surface area contributed by atoms with Crippen LogP contribution in [0.5, 0.6) is 11.5 Å². The number of hydrogen-bond donors (Lipinski definition) is 1. The molecule has 27 heavy (non-hydrogen) atoms. The smallest absolute Gasteiger partial charge is 0.265 e. The number of amides is 2. The molecule has 2 aromatic rings. The first kappa shape index (κ1) is 18.7. The molecule has 7 heteroatoms. The molecule has 1 heterocycles. The molecule has 1 N–H and O–H groups in total. The van der Waals surface area contributed by atoms with Crippen molar-refractivity contribution in [2.24, 2.45) is 0 Å². The van der Waals surface area contributed by atoms with Gasteiger partial charge in [-0.25, -0.2) is 0 Å². The molecule has 142 valence electrons. The van der Waals surface area contributed by atoms with Crippen molar-refractivity contribution in [2.45, 2.75) is 6.42 Å². The van der Waals surface area contributed by atoms with Crippen molar-refractivity contribution in [1.29, 1.82) is 0 Å². The largest absolute Gasteiger partial charge is 0.494 e. The SMILES string of the molecule is COCC(=O)Nc1ccc2c(c1)OCC(=O)N2CCCOc1ccccc1. The third-order valence-electron chi connectivity index (χ3n) is 4.00. The van der Waals surface area contributed by atoms with Gasteiger partial charge in [-0.3, -0.25) is 9.59 Å². The van der Waals surface area contributed by atoms with Crippen LogP contribution in [0.25, 0.3) is 0 Å². The summed E-state index contributed by atoms with van der Waals surface area (Å²) in [5.74, 6) is 1.02. The van der Waals surface area contributed by atoms with Gasteiger partial charge in [0.2, 0.25) is 5.91 Å². The third kappa shape index (κ3) is 4.98. The topological polar surface area (TPSA) is 77.1 Å². The molecule has 0 saturated heterocycles. The van der Waals surface area contributed by atoms with Gasteiger partial charge < -0.3 is 24.4 Å². The molecule has 0 fully saturated rings. The molecule has 2 amide bonds. The summed E-state index contributed by atoms with van der Waals surface area (Å²) in [5, 5.41) is 2.72. The molecule has 0 bridgehead atoms. The van der Waals surface area contributed by atoms with E-state index in [1.54, 1.807) is 23.1 Å². The molecule has 0 spiro atoms. The second-order valence-corrected chi connectivity index (χ2v) is 6.01. The first-order chi connectivity index (χ1) is 13.2. The minimum Gasteiger partial charge on any atom is -0.494 e. The summed E-state index contributed by atoms with van der Waals surface area (Å²) in [5.41, 5.74) is 1.29. The third-order valence-corrected chi connectivity index (χ3v) is 4.00. The van der Waals surface area contributed by atoms with E-state index in [2.05, 4.69) is 5.32 Å². The number of carbonyl (C=O) groups is 2. The van der Waals surface area contributed by atoms with Crippen LogP contribution in [0.4, 0.5) is 11.4 Å². The molecule has 2 aromatic carbocycles. The van der Waals surface area contributed by atoms with Crippen molar-refractivity contribution in [3.63, 3.8) is 0 Å². The predicted octanol–water partition coefficient (Wildman–Crippen LogP) is 2.47. The summed E-state index contributed by atoms with van der Waals surface area (Å²) in [7, 11) is 1.46. The van der Waals surface area contributed by atoms with E-state index in [0.717, 1.165) is 5.75 Å². The van der Waals surface area contributed by atoms with Gasteiger partial charge >= 0.3 is 0 Å². The second-order valence-electron chi connectivity index (χ2n) is 6.01. The molecule has 3 rings (SSSR count). The summed E-state index contributed by atoms with van der Waals surface area (Å²) in [6.07, 6.45) is 0.687. The maximum Gasteiger partial charge on any atom is 0.265 e. The molecule has 0 unspecified atom stereocenters. The number of ether oxygens (including phenoxy) is 3. The molecule has 1 aliphatic rings. The highest BCUT2D eigenvalue weighted by atomic mass is 16.5. The lowest BCUT2D eigenvalue weighted by atomic mass is 10.2. The van der Waals surface area contributed by atoms with Gasteiger partial charge in [0.05, 0.1) is 12.3 Å². The number of anilines is 2. The highest BCUT2D eigenvalue weighted by molar-refractivity contribution is 5.99. The van der Waals surface area contributed by atoms with Crippen LogP contribution in [-0.2, 0) is 14.3 Å². The van der Waals surface area contributed by atoms with Crippen LogP contribution < -0.4 is 19.7 Å². The Kier molecular flexibility index (Phi) is 6.27. The zero-order chi connectivity index (χ0) is 19.1. The Balaban J connectivity index is 1.60. The Morgan fingerprint density at radius 3 is 2.81 bits per heavy atom. The maximum atomic E-state index is 12.2. The first-order valence-electron chi connectivity index (χ1n) is 8.71. The normalized spacial score (nSPS) is 12.9. The number of nitrogens with zero attached hydrogens (tertiary/aromatic N) is 1. The van der Waals surface area contributed by atoms with Crippen LogP contribution in [0, 0.1) is 0 Å². The number of hydrogen-bond acceptors (Lipinski definition) is 5. The van der Waals surface area contributed by atoms with E-state index < -0.39 is 0 Å². The number of rotatable bonds is 8. The lowest BCUT2D eigenvalue weighted by Gasteiger charge is -2.29. The number of carbonyl (C=O) groups excluding carboxylic acids is 2. The van der Waals surface area contributed by atoms with Gasteiger partial charge in [-0.05, 0) is 30.7 Å². The molecule has 0 saturated carbocycles. The van der Waals surface area contributed by atoms with Crippen LogP contribution in [-0.4, -0.2) is 45.3 Å². The fraction of sp³-hybridized carbons (Fsp3) is 0.300. The highest BCUT2D eigenvalue weighted by Crippen LogP contribution is 2.34. The zero-order valence-corrected chi connectivity index (χ0v) is 15.1. The Labute approximate surface area is 157 Å². The molecule has 0 aliphatic carbocycles. The molecule has 1 aliphatic heterocycles. The Bertz CT molecular complexity index is 794. The van der Waals surface area contributed by atoms with Crippen molar-refractivity contribution in [3.8, 4) is 11.5 Å². The van der Waals surface area contributed by atoms with E-state index in [4.69, 9.17) is 14.2 Å². The Morgan fingerprint density at radius 1 is 1.22 bits per heavy atom. The van der Waals surface area contributed by atoms with Crippen molar-refractivity contribution in [2.75, 3.05) is 43.7 Å². The number of fused-ring (bicyclic) bond motifs is 1. The van der Waals surface area contributed by atoms with Gasteiger partial charge in [0.25, 0.3) is 5.91 Å². The summed E-state index contributed by atoms with van der Waals surface area (Å²) in [6.45, 7) is 0.985. The molecule has 0 radical (unpaired) electrons. The number of nitrogens with one attached hydrogen (secondary N) is 1. The predicted molar refractivity (Wildman–Crippen MR) is 101 cm³/mol.